The number of nitrogens with zero attached hydrogens (tertiary/aromatic N) is 3. The molecule has 0 atom stereocenters. The summed E-state index contributed by atoms with van der Waals surface area (Å²) in [5.74, 6) is -1.64. The molecule has 1 aromatic carbocycles. The van der Waals surface area contributed by atoms with Gasteiger partial charge in [-0.2, -0.15) is 15.4 Å². The van der Waals surface area contributed by atoms with Gasteiger partial charge in [-0.05, 0) is 18.2 Å². The smallest absolute Gasteiger partial charge is 0.337 e. The van der Waals surface area contributed by atoms with Crippen molar-refractivity contribution < 1.29 is 14.7 Å². The van der Waals surface area contributed by atoms with Crippen molar-refractivity contribution in [1.82, 2.24) is 15.4 Å². The molecule has 0 saturated heterocycles. The molecule has 0 aliphatic carbocycles. The van der Waals surface area contributed by atoms with Gasteiger partial charge in [0.25, 0.3) is 5.91 Å². The van der Waals surface area contributed by atoms with Gasteiger partial charge in [-0.1, -0.05) is 0 Å². The second kappa shape index (κ2) is 4.77. The van der Waals surface area contributed by atoms with E-state index in [-0.39, 0.29) is 16.9 Å². The standard InChI is InChI=1S/C11H11N5O3/c1-16(10(17)8-5-13-15-14-8)9-3-2-6(12)4-7(9)11(18)19/h2-5H,12H2,1H3,(H,18,19)(H,13,14,15). The lowest BCUT2D eigenvalue weighted by atomic mass is 10.1. The molecular formula is C11H11N5O3. The number of hydrogen-bond acceptors (Lipinski definition) is 5. The number of aromatic amines is 1. The Morgan fingerprint density at radius 1 is 1.42 bits per heavy atom. The summed E-state index contributed by atoms with van der Waals surface area (Å²) in [6.07, 6.45) is 1.26. The first kappa shape index (κ1) is 12.6. The Balaban J connectivity index is 2.41. The van der Waals surface area contributed by atoms with Crippen molar-refractivity contribution in [3.05, 3.63) is 35.7 Å². The number of carbonyl (C=O) groups is 2. The van der Waals surface area contributed by atoms with Crippen LogP contribution in [0.3, 0.4) is 0 Å². The van der Waals surface area contributed by atoms with Crippen LogP contribution < -0.4 is 10.6 Å². The summed E-state index contributed by atoms with van der Waals surface area (Å²) in [4.78, 5) is 24.4. The number of carboxylic acids is 1. The van der Waals surface area contributed by atoms with Crippen molar-refractivity contribution in [3.8, 4) is 0 Å². The van der Waals surface area contributed by atoms with E-state index in [9.17, 15) is 9.59 Å². The van der Waals surface area contributed by atoms with Crippen molar-refractivity contribution >= 4 is 23.3 Å². The summed E-state index contributed by atoms with van der Waals surface area (Å²) in [6, 6.07) is 4.29. The predicted molar refractivity (Wildman–Crippen MR) is 66.9 cm³/mol. The third-order valence-corrected chi connectivity index (χ3v) is 2.55. The van der Waals surface area contributed by atoms with Gasteiger partial charge >= 0.3 is 5.97 Å². The Morgan fingerprint density at radius 2 is 2.16 bits per heavy atom. The van der Waals surface area contributed by atoms with Crippen LogP contribution in [0.1, 0.15) is 20.8 Å². The number of nitrogens with two attached hydrogens (primary N) is 1. The molecule has 98 valence electrons. The molecule has 0 saturated carbocycles. The maximum atomic E-state index is 12.0. The van der Waals surface area contributed by atoms with Gasteiger partial charge in [-0.3, -0.25) is 4.79 Å². The van der Waals surface area contributed by atoms with E-state index in [1.165, 1.54) is 36.3 Å². The zero-order valence-electron chi connectivity index (χ0n) is 9.99. The monoisotopic (exact) mass is 261 g/mol. The average molecular weight is 261 g/mol. The van der Waals surface area contributed by atoms with Gasteiger partial charge in [0.05, 0.1) is 17.4 Å². The van der Waals surface area contributed by atoms with Gasteiger partial charge < -0.3 is 15.7 Å². The SMILES string of the molecule is CN(C(=O)c1cn[nH]n1)c1ccc(N)cc1C(=O)O. The summed E-state index contributed by atoms with van der Waals surface area (Å²) in [5.41, 5.74) is 6.12. The molecule has 0 spiro atoms. The van der Waals surface area contributed by atoms with Gasteiger partial charge in [0.15, 0.2) is 5.69 Å². The van der Waals surface area contributed by atoms with E-state index in [1.807, 2.05) is 0 Å². The molecule has 2 aromatic rings. The average Bonchev–Trinajstić information content (AvgIpc) is 2.90. The molecule has 0 fully saturated rings. The number of benzene rings is 1. The highest BCUT2D eigenvalue weighted by atomic mass is 16.4. The highest BCUT2D eigenvalue weighted by Crippen LogP contribution is 2.23. The Kier molecular flexibility index (Phi) is 3.15. The van der Waals surface area contributed by atoms with Crippen LogP contribution in [0.4, 0.5) is 11.4 Å². The van der Waals surface area contributed by atoms with E-state index >= 15 is 0 Å². The summed E-state index contributed by atoms with van der Waals surface area (Å²) < 4.78 is 0. The van der Waals surface area contributed by atoms with Crippen LogP contribution in [-0.4, -0.2) is 39.4 Å². The topological polar surface area (TPSA) is 125 Å². The zero-order chi connectivity index (χ0) is 14.0. The molecule has 8 heteroatoms. The quantitative estimate of drug-likeness (QED) is 0.685. The number of nitrogen functional groups attached to an aromatic ring is 1. The summed E-state index contributed by atoms with van der Waals surface area (Å²) in [5, 5.41) is 18.6. The summed E-state index contributed by atoms with van der Waals surface area (Å²) >= 11 is 0. The fourth-order valence-electron chi connectivity index (χ4n) is 1.60. The van der Waals surface area contributed by atoms with Crippen LogP contribution >= 0.6 is 0 Å². The molecule has 1 aromatic heterocycles. The maximum absolute atomic E-state index is 12.0. The second-order valence-corrected chi connectivity index (χ2v) is 3.80. The highest BCUT2D eigenvalue weighted by Gasteiger charge is 2.21. The Labute approximate surface area is 107 Å². The Bertz CT molecular complexity index is 623. The van der Waals surface area contributed by atoms with Crippen molar-refractivity contribution in [3.63, 3.8) is 0 Å². The van der Waals surface area contributed by atoms with Crippen LogP contribution in [0, 0.1) is 0 Å². The van der Waals surface area contributed by atoms with Crippen molar-refractivity contribution in [2.45, 2.75) is 0 Å². The van der Waals surface area contributed by atoms with Gasteiger partial charge in [0, 0.05) is 12.7 Å². The molecule has 4 N–H and O–H groups in total. The van der Waals surface area contributed by atoms with Gasteiger partial charge in [0.2, 0.25) is 0 Å². The van der Waals surface area contributed by atoms with E-state index in [4.69, 9.17) is 10.8 Å². The van der Waals surface area contributed by atoms with E-state index < -0.39 is 11.9 Å². The molecule has 1 amide bonds. The lowest BCUT2D eigenvalue weighted by Gasteiger charge is -2.18. The largest absolute Gasteiger partial charge is 0.478 e. The molecule has 0 radical (unpaired) electrons. The predicted octanol–water partition coefficient (Wildman–Crippen LogP) is 0.362. The summed E-state index contributed by atoms with van der Waals surface area (Å²) in [6.45, 7) is 0. The number of amides is 1. The molecular weight excluding hydrogens is 250 g/mol. The summed E-state index contributed by atoms with van der Waals surface area (Å²) in [7, 11) is 1.45. The van der Waals surface area contributed by atoms with Crippen molar-refractivity contribution in [2.24, 2.45) is 0 Å². The number of carboxylic acid groups (broad SMARTS) is 1. The highest BCUT2D eigenvalue weighted by molar-refractivity contribution is 6.08. The molecule has 0 bridgehead atoms. The number of anilines is 2. The van der Waals surface area contributed by atoms with E-state index in [2.05, 4.69) is 15.4 Å². The second-order valence-electron chi connectivity index (χ2n) is 3.80. The van der Waals surface area contributed by atoms with E-state index in [0.29, 0.717) is 5.69 Å². The lowest BCUT2D eigenvalue weighted by Crippen LogP contribution is -2.28. The molecule has 8 nitrogen and oxygen atoms in total. The number of hydrogen-bond donors (Lipinski definition) is 3. The first-order chi connectivity index (χ1) is 9.00. The molecule has 0 aliphatic rings. The van der Waals surface area contributed by atoms with Gasteiger partial charge in [-0.25, -0.2) is 4.79 Å². The van der Waals surface area contributed by atoms with Crippen LogP contribution in [0.15, 0.2) is 24.4 Å². The number of aromatic nitrogens is 3. The first-order valence-electron chi connectivity index (χ1n) is 5.27. The fraction of sp³-hybridized carbons (Fsp3) is 0.0909. The Morgan fingerprint density at radius 3 is 2.74 bits per heavy atom. The van der Waals surface area contributed by atoms with E-state index in [0.717, 1.165) is 0 Å². The minimum Gasteiger partial charge on any atom is -0.478 e. The molecule has 0 unspecified atom stereocenters. The minimum atomic E-state index is -1.16. The van der Waals surface area contributed by atoms with Crippen LogP contribution in [-0.2, 0) is 0 Å². The number of H-pyrrole nitrogens is 1. The van der Waals surface area contributed by atoms with Gasteiger partial charge in [0.1, 0.15) is 0 Å². The number of nitrogens with one attached hydrogen (secondary N) is 1. The lowest BCUT2D eigenvalue weighted by molar-refractivity contribution is 0.0698. The zero-order valence-corrected chi connectivity index (χ0v) is 9.99. The third-order valence-electron chi connectivity index (χ3n) is 2.55. The number of aromatic carboxylic acids is 1. The number of rotatable bonds is 3. The van der Waals surface area contributed by atoms with Crippen molar-refractivity contribution in [2.75, 3.05) is 17.7 Å². The molecule has 1 heterocycles. The van der Waals surface area contributed by atoms with Gasteiger partial charge in [-0.15, -0.1) is 0 Å². The number of carbonyl (C=O) groups excluding carboxylic acids is 1. The van der Waals surface area contributed by atoms with Crippen LogP contribution in [0.2, 0.25) is 0 Å². The molecule has 19 heavy (non-hydrogen) atoms. The normalized spacial score (nSPS) is 10.2. The minimum absolute atomic E-state index is 0.0562. The van der Waals surface area contributed by atoms with Crippen LogP contribution in [0.25, 0.3) is 0 Å². The molecule has 0 aliphatic heterocycles. The maximum Gasteiger partial charge on any atom is 0.337 e. The van der Waals surface area contributed by atoms with Crippen molar-refractivity contribution in [1.29, 1.82) is 0 Å². The Hall–Kier alpha value is -2.90. The first-order valence-corrected chi connectivity index (χ1v) is 5.27. The third kappa shape index (κ3) is 2.37. The fourth-order valence-corrected chi connectivity index (χ4v) is 1.60. The molecule has 2 rings (SSSR count). The van der Waals surface area contributed by atoms with E-state index in [1.54, 1.807) is 0 Å². The van der Waals surface area contributed by atoms with Crippen LogP contribution in [0.5, 0.6) is 0 Å².